The van der Waals surface area contributed by atoms with E-state index in [0.29, 0.717) is 0 Å². The lowest BCUT2D eigenvalue weighted by atomic mass is 10.3. The van der Waals surface area contributed by atoms with Gasteiger partial charge in [0.2, 0.25) is 0 Å². The van der Waals surface area contributed by atoms with Gasteiger partial charge in [-0.2, -0.15) is 0 Å². The molecule has 0 bridgehead atoms. The number of ether oxygens (including phenoxy) is 1. The second kappa shape index (κ2) is 5.56. The Morgan fingerprint density at radius 2 is 2.27 bits per heavy atom. The highest BCUT2D eigenvalue weighted by Gasteiger charge is 2.08. The predicted molar refractivity (Wildman–Crippen MR) is 62.7 cm³/mol. The van der Waals surface area contributed by atoms with E-state index < -0.39 is 0 Å². The molecule has 4 nitrogen and oxygen atoms in total. The van der Waals surface area contributed by atoms with E-state index >= 15 is 0 Å². The van der Waals surface area contributed by atoms with Gasteiger partial charge in [0.1, 0.15) is 0 Å². The van der Waals surface area contributed by atoms with Crippen LogP contribution in [-0.2, 0) is 0 Å². The van der Waals surface area contributed by atoms with Crippen LogP contribution in [0.15, 0.2) is 12.3 Å². The largest absolute Gasteiger partial charge is 0.493 e. The summed E-state index contributed by atoms with van der Waals surface area (Å²) in [6.45, 7) is 3.87. The Morgan fingerprint density at radius 3 is 2.87 bits per heavy atom. The second-order valence-corrected chi connectivity index (χ2v) is 3.52. The quantitative estimate of drug-likeness (QED) is 0.786. The number of nitrogens with zero attached hydrogens (tertiary/aromatic N) is 2. The van der Waals surface area contributed by atoms with Crippen molar-refractivity contribution in [3.63, 3.8) is 0 Å². The Hall–Kier alpha value is -1.29. The number of aromatic nitrogens is 1. The van der Waals surface area contributed by atoms with Crippen molar-refractivity contribution >= 4 is 5.69 Å². The number of pyridine rings is 1. The molecule has 0 amide bonds. The molecule has 0 saturated carbocycles. The Labute approximate surface area is 91.3 Å². The van der Waals surface area contributed by atoms with Crippen LogP contribution in [0.1, 0.15) is 5.69 Å². The van der Waals surface area contributed by atoms with E-state index in [4.69, 9.17) is 4.74 Å². The Balaban J connectivity index is 2.85. The zero-order valence-corrected chi connectivity index (χ0v) is 9.87. The molecule has 0 aliphatic rings. The first-order chi connectivity index (χ1) is 7.19. The van der Waals surface area contributed by atoms with Crippen molar-refractivity contribution in [2.75, 3.05) is 39.2 Å². The van der Waals surface area contributed by atoms with Gasteiger partial charge >= 0.3 is 0 Å². The van der Waals surface area contributed by atoms with Crippen LogP contribution < -0.4 is 15.0 Å². The number of anilines is 1. The van der Waals surface area contributed by atoms with E-state index in [-0.39, 0.29) is 0 Å². The molecule has 1 N–H and O–H groups in total. The van der Waals surface area contributed by atoms with Crippen molar-refractivity contribution in [1.29, 1.82) is 0 Å². The smallest absolute Gasteiger partial charge is 0.160 e. The summed E-state index contributed by atoms with van der Waals surface area (Å²) in [5, 5.41) is 3.12. The molecule has 0 spiro atoms. The van der Waals surface area contributed by atoms with Crippen molar-refractivity contribution in [3.8, 4) is 5.75 Å². The van der Waals surface area contributed by atoms with Crippen molar-refractivity contribution in [1.82, 2.24) is 10.3 Å². The average Bonchev–Trinajstić information content (AvgIpc) is 2.25. The number of hydrogen-bond donors (Lipinski definition) is 1. The summed E-state index contributed by atoms with van der Waals surface area (Å²) in [7, 11) is 5.67. The first-order valence-electron chi connectivity index (χ1n) is 5.05. The third-order valence-electron chi connectivity index (χ3n) is 2.31. The van der Waals surface area contributed by atoms with E-state index in [1.54, 1.807) is 13.3 Å². The molecule has 0 atom stereocenters. The molecule has 1 rings (SSSR count). The van der Waals surface area contributed by atoms with Crippen molar-refractivity contribution < 1.29 is 4.74 Å². The van der Waals surface area contributed by atoms with Crippen molar-refractivity contribution in [3.05, 3.63) is 18.0 Å². The Morgan fingerprint density at radius 1 is 1.53 bits per heavy atom. The van der Waals surface area contributed by atoms with E-state index in [1.165, 1.54) is 0 Å². The molecular formula is C11H19N3O. The lowest BCUT2D eigenvalue weighted by Crippen LogP contribution is -2.27. The third-order valence-corrected chi connectivity index (χ3v) is 2.31. The van der Waals surface area contributed by atoms with Crippen LogP contribution in [0.2, 0.25) is 0 Å². The fourth-order valence-electron chi connectivity index (χ4n) is 1.39. The summed E-state index contributed by atoms with van der Waals surface area (Å²) in [4.78, 5) is 6.36. The average molecular weight is 209 g/mol. The topological polar surface area (TPSA) is 37.4 Å². The van der Waals surface area contributed by atoms with Gasteiger partial charge in [-0.25, -0.2) is 0 Å². The lowest BCUT2D eigenvalue weighted by molar-refractivity contribution is 0.412. The number of rotatable bonds is 5. The molecule has 0 aromatic carbocycles. The molecule has 0 saturated heterocycles. The highest BCUT2D eigenvalue weighted by atomic mass is 16.5. The number of nitrogens with one attached hydrogen (secondary N) is 1. The zero-order valence-electron chi connectivity index (χ0n) is 9.87. The van der Waals surface area contributed by atoms with E-state index in [0.717, 1.165) is 30.2 Å². The Bertz CT molecular complexity index is 315. The summed E-state index contributed by atoms with van der Waals surface area (Å²) < 4.78 is 5.28. The number of likely N-dealkylation sites (N-methyl/N-ethyl adjacent to an activating group) is 2. The third kappa shape index (κ3) is 3.09. The molecule has 0 aliphatic heterocycles. The maximum atomic E-state index is 5.28. The predicted octanol–water partition coefficient (Wildman–Crippen LogP) is 1.05. The highest BCUT2D eigenvalue weighted by molar-refractivity contribution is 5.57. The van der Waals surface area contributed by atoms with Crippen LogP contribution in [0, 0.1) is 6.92 Å². The molecule has 15 heavy (non-hydrogen) atoms. The van der Waals surface area contributed by atoms with Gasteiger partial charge < -0.3 is 15.0 Å². The molecule has 84 valence electrons. The van der Waals surface area contributed by atoms with Crippen LogP contribution in [0.25, 0.3) is 0 Å². The maximum absolute atomic E-state index is 5.28. The van der Waals surface area contributed by atoms with Crippen LogP contribution in [0.3, 0.4) is 0 Å². The van der Waals surface area contributed by atoms with E-state index in [2.05, 4.69) is 22.2 Å². The van der Waals surface area contributed by atoms with Crippen LogP contribution >= 0.6 is 0 Å². The van der Waals surface area contributed by atoms with Gasteiger partial charge in [-0.1, -0.05) is 0 Å². The normalized spacial score (nSPS) is 10.1. The maximum Gasteiger partial charge on any atom is 0.160 e. The molecule has 1 heterocycles. The van der Waals surface area contributed by atoms with Crippen LogP contribution in [0.5, 0.6) is 5.75 Å². The lowest BCUT2D eigenvalue weighted by Gasteiger charge is -2.21. The first kappa shape index (κ1) is 11.8. The van der Waals surface area contributed by atoms with Crippen LogP contribution in [-0.4, -0.2) is 39.3 Å². The molecule has 0 radical (unpaired) electrons. The van der Waals surface area contributed by atoms with Gasteiger partial charge in [0, 0.05) is 25.8 Å². The van der Waals surface area contributed by atoms with Crippen molar-refractivity contribution in [2.24, 2.45) is 0 Å². The van der Waals surface area contributed by atoms with Gasteiger partial charge in [-0.3, -0.25) is 4.98 Å². The zero-order chi connectivity index (χ0) is 11.3. The van der Waals surface area contributed by atoms with Gasteiger partial charge in [-0.15, -0.1) is 0 Å². The van der Waals surface area contributed by atoms with E-state index in [9.17, 15) is 0 Å². The fraction of sp³-hybridized carbons (Fsp3) is 0.545. The molecule has 0 aliphatic carbocycles. The minimum absolute atomic E-state index is 0.819. The van der Waals surface area contributed by atoms with Crippen molar-refractivity contribution in [2.45, 2.75) is 6.92 Å². The Kier molecular flexibility index (Phi) is 4.37. The summed E-state index contributed by atoms with van der Waals surface area (Å²) >= 11 is 0. The van der Waals surface area contributed by atoms with Gasteiger partial charge in [0.25, 0.3) is 0 Å². The summed E-state index contributed by atoms with van der Waals surface area (Å²) in [6, 6.07) is 2.04. The molecule has 0 unspecified atom stereocenters. The minimum atomic E-state index is 0.819. The number of methoxy groups -OCH3 is 1. The monoisotopic (exact) mass is 209 g/mol. The molecule has 1 aromatic rings. The summed E-state index contributed by atoms with van der Waals surface area (Å²) in [5.41, 5.74) is 2.09. The van der Waals surface area contributed by atoms with Gasteiger partial charge in [0.15, 0.2) is 5.75 Å². The molecule has 0 fully saturated rings. The number of hydrogen-bond acceptors (Lipinski definition) is 4. The molecule has 4 heteroatoms. The minimum Gasteiger partial charge on any atom is -0.493 e. The molecular weight excluding hydrogens is 190 g/mol. The first-order valence-corrected chi connectivity index (χ1v) is 5.05. The fourth-order valence-corrected chi connectivity index (χ4v) is 1.39. The number of aryl methyl sites for hydroxylation is 1. The molecule has 1 aromatic heterocycles. The highest BCUT2D eigenvalue weighted by Crippen LogP contribution is 2.26. The van der Waals surface area contributed by atoms with Gasteiger partial charge in [-0.05, 0) is 20.0 Å². The summed E-state index contributed by atoms with van der Waals surface area (Å²) in [6.07, 6.45) is 1.76. The van der Waals surface area contributed by atoms with Gasteiger partial charge in [0.05, 0.1) is 19.0 Å². The van der Waals surface area contributed by atoms with Crippen LogP contribution in [0.4, 0.5) is 5.69 Å². The second-order valence-electron chi connectivity index (χ2n) is 3.52. The SMILES string of the molecule is CNCCN(C)c1cc(C)ncc1OC. The summed E-state index contributed by atoms with van der Waals surface area (Å²) in [5.74, 6) is 0.819. The van der Waals surface area contributed by atoms with E-state index in [1.807, 2.05) is 20.0 Å². The standard InChI is InChI=1S/C11H19N3O/c1-9-7-10(11(15-4)8-13-9)14(3)6-5-12-2/h7-8,12H,5-6H2,1-4H3.